The molecule has 1 aliphatic rings. The summed E-state index contributed by atoms with van der Waals surface area (Å²) in [5.74, 6) is 0.726. The molecule has 0 aromatic heterocycles. The zero-order chi connectivity index (χ0) is 19.0. The van der Waals surface area contributed by atoms with E-state index < -0.39 is 0 Å². The fourth-order valence-electron chi connectivity index (χ4n) is 3.58. The molecule has 26 heavy (non-hydrogen) atoms. The molecule has 0 radical (unpaired) electrons. The van der Waals surface area contributed by atoms with E-state index in [2.05, 4.69) is 24.5 Å². The molecule has 0 bridgehead atoms. The Balaban J connectivity index is 2.14. The van der Waals surface area contributed by atoms with E-state index in [4.69, 9.17) is 0 Å². The molecule has 0 unspecified atom stereocenters. The third-order valence-electron chi connectivity index (χ3n) is 5.15. The van der Waals surface area contributed by atoms with Crippen molar-refractivity contribution in [3.63, 3.8) is 0 Å². The predicted octanol–water partition coefficient (Wildman–Crippen LogP) is 5.83. The molecule has 144 valence electrons. The third-order valence-corrected chi connectivity index (χ3v) is 6.06. The van der Waals surface area contributed by atoms with Crippen molar-refractivity contribution >= 4 is 28.6 Å². The summed E-state index contributed by atoms with van der Waals surface area (Å²) in [5.41, 5.74) is 0.481. The Bertz CT molecular complexity index is 610. The molecule has 4 nitrogen and oxygen atoms in total. The molecule has 0 atom stereocenters. The van der Waals surface area contributed by atoms with Gasteiger partial charge in [-0.15, -0.1) is 0 Å². The molecule has 1 saturated carbocycles. The summed E-state index contributed by atoms with van der Waals surface area (Å²) in [6.07, 6.45) is 7.43. The summed E-state index contributed by atoms with van der Waals surface area (Å²) < 4.78 is 0. The second-order valence-electron chi connectivity index (χ2n) is 7.64. The van der Waals surface area contributed by atoms with Gasteiger partial charge < -0.3 is 10.6 Å². The summed E-state index contributed by atoms with van der Waals surface area (Å²) >= 11 is 1.14. The van der Waals surface area contributed by atoms with Gasteiger partial charge in [0.1, 0.15) is 0 Å². The van der Waals surface area contributed by atoms with E-state index >= 15 is 0 Å². The Kier molecular flexibility index (Phi) is 8.01. The van der Waals surface area contributed by atoms with E-state index in [1.807, 2.05) is 31.2 Å². The van der Waals surface area contributed by atoms with E-state index in [0.717, 1.165) is 60.9 Å². The molecular weight excluding hydrogens is 344 g/mol. The van der Waals surface area contributed by atoms with Crippen LogP contribution in [0.3, 0.4) is 0 Å². The molecule has 0 heterocycles. The van der Waals surface area contributed by atoms with Gasteiger partial charge in [0.2, 0.25) is 5.91 Å². The fraction of sp³-hybridized carbons (Fsp3) is 0.619. The standard InChI is InChI=1S/C21H32N2O2S/c1-4-22-20(25)26-18-11-7-6-10-17(18)23-19(24)21(15-12-16(2)3)13-8-5-9-14-21/h6-7,10-11,16H,4-5,8-9,12-15H2,1-3H3,(H,22,25)(H,23,24). The minimum absolute atomic E-state index is 0.0959. The van der Waals surface area contributed by atoms with Crippen molar-refractivity contribution in [1.29, 1.82) is 0 Å². The van der Waals surface area contributed by atoms with E-state index in [1.165, 1.54) is 6.42 Å². The van der Waals surface area contributed by atoms with E-state index in [1.54, 1.807) is 0 Å². The first-order chi connectivity index (χ1) is 12.5. The van der Waals surface area contributed by atoms with Crippen LogP contribution in [0.2, 0.25) is 0 Å². The molecule has 0 aliphatic heterocycles. The highest BCUT2D eigenvalue weighted by molar-refractivity contribution is 8.13. The first-order valence-electron chi connectivity index (χ1n) is 9.83. The molecule has 1 aliphatic carbocycles. The molecule has 1 aromatic rings. The molecule has 2 rings (SSSR count). The van der Waals surface area contributed by atoms with E-state index in [9.17, 15) is 9.59 Å². The maximum Gasteiger partial charge on any atom is 0.283 e. The highest BCUT2D eigenvalue weighted by atomic mass is 32.2. The van der Waals surface area contributed by atoms with Gasteiger partial charge in [0.15, 0.2) is 0 Å². The molecule has 0 saturated heterocycles. The average molecular weight is 377 g/mol. The number of hydrogen-bond donors (Lipinski definition) is 2. The summed E-state index contributed by atoms with van der Waals surface area (Å²) in [4.78, 5) is 26.0. The van der Waals surface area contributed by atoms with Gasteiger partial charge in [-0.2, -0.15) is 0 Å². The average Bonchev–Trinajstić information content (AvgIpc) is 2.62. The molecule has 0 spiro atoms. The van der Waals surface area contributed by atoms with Gasteiger partial charge in [-0.3, -0.25) is 9.59 Å². The van der Waals surface area contributed by atoms with Crippen molar-refractivity contribution in [3.8, 4) is 0 Å². The molecule has 2 amide bonds. The van der Waals surface area contributed by atoms with Crippen molar-refractivity contribution in [2.45, 2.75) is 70.6 Å². The number of para-hydroxylation sites is 1. The summed E-state index contributed by atoms with van der Waals surface area (Å²) in [6.45, 7) is 6.92. The Morgan fingerprint density at radius 1 is 1.15 bits per heavy atom. The Hall–Kier alpha value is -1.49. The Morgan fingerprint density at radius 2 is 1.85 bits per heavy atom. The minimum Gasteiger partial charge on any atom is -0.347 e. The lowest BCUT2D eigenvalue weighted by Gasteiger charge is -2.36. The van der Waals surface area contributed by atoms with Gasteiger partial charge in [0, 0.05) is 16.9 Å². The normalized spacial score (nSPS) is 16.3. The van der Waals surface area contributed by atoms with Gasteiger partial charge in [0.05, 0.1) is 5.69 Å². The van der Waals surface area contributed by atoms with Crippen molar-refractivity contribution in [2.75, 3.05) is 11.9 Å². The number of hydrogen-bond acceptors (Lipinski definition) is 3. The summed E-state index contributed by atoms with van der Waals surface area (Å²) in [5, 5.41) is 5.85. The smallest absolute Gasteiger partial charge is 0.283 e. The van der Waals surface area contributed by atoms with Crippen molar-refractivity contribution in [2.24, 2.45) is 11.3 Å². The zero-order valence-corrected chi connectivity index (χ0v) is 17.1. The lowest BCUT2D eigenvalue weighted by atomic mass is 9.69. The maximum absolute atomic E-state index is 13.2. The maximum atomic E-state index is 13.2. The van der Waals surface area contributed by atoms with Crippen LogP contribution >= 0.6 is 11.8 Å². The summed E-state index contributed by atoms with van der Waals surface area (Å²) in [7, 11) is 0. The second kappa shape index (κ2) is 10.0. The third kappa shape index (κ3) is 5.76. The van der Waals surface area contributed by atoms with Crippen LogP contribution < -0.4 is 10.6 Å². The first kappa shape index (κ1) is 20.8. The highest BCUT2D eigenvalue weighted by Gasteiger charge is 2.39. The predicted molar refractivity (Wildman–Crippen MR) is 110 cm³/mol. The summed E-state index contributed by atoms with van der Waals surface area (Å²) in [6, 6.07) is 7.57. The van der Waals surface area contributed by atoms with Crippen LogP contribution in [0.4, 0.5) is 10.5 Å². The van der Waals surface area contributed by atoms with Gasteiger partial charge in [-0.05, 0) is 62.4 Å². The lowest BCUT2D eigenvalue weighted by molar-refractivity contribution is -0.128. The van der Waals surface area contributed by atoms with Crippen LogP contribution in [0.5, 0.6) is 0 Å². The van der Waals surface area contributed by atoms with Crippen LogP contribution in [-0.2, 0) is 4.79 Å². The SMILES string of the molecule is CCNC(=O)Sc1ccccc1NC(=O)C1(CCC(C)C)CCCCC1. The molecule has 1 fully saturated rings. The molecular formula is C21H32N2O2S. The van der Waals surface area contributed by atoms with Crippen LogP contribution in [0, 0.1) is 11.3 Å². The molecule has 1 aromatic carbocycles. The minimum atomic E-state index is -0.258. The van der Waals surface area contributed by atoms with Crippen LogP contribution in [0.15, 0.2) is 29.2 Å². The highest BCUT2D eigenvalue weighted by Crippen LogP contribution is 2.42. The zero-order valence-electron chi connectivity index (χ0n) is 16.3. The van der Waals surface area contributed by atoms with Gasteiger partial charge in [0.25, 0.3) is 5.24 Å². The lowest BCUT2D eigenvalue weighted by Crippen LogP contribution is -2.38. The largest absolute Gasteiger partial charge is 0.347 e. The van der Waals surface area contributed by atoms with Crippen LogP contribution in [0.1, 0.15) is 65.7 Å². The number of carbonyl (C=O) groups is 2. The van der Waals surface area contributed by atoms with Crippen LogP contribution in [0.25, 0.3) is 0 Å². The second-order valence-corrected chi connectivity index (χ2v) is 8.66. The van der Waals surface area contributed by atoms with Gasteiger partial charge in [-0.25, -0.2) is 0 Å². The Morgan fingerprint density at radius 3 is 2.50 bits per heavy atom. The molecule has 5 heteroatoms. The first-order valence-corrected chi connectivity index (χ1v) is 10.6. The quantitative estimate of drug-likeness (QED) is 0.588. The number of thioether (sulfide) groups is 1. The van der Waals surface area contributed by atoms with E-state index in [-0.39, 0.29) is 16.6 Å². The number of rotatable bonds is 7. The number of carbonyl (C=O) groups excluding carboxylic acids is 2. The molecule has 2 N–H and O–H groups in total. The Labute approximate surface area is 161 Å². The van der Waals surface area contributed by atoms with Crippen molar-refractivity contribution in [1.82, 2.24) is 5.32 Å². The van der Waals surface area contributed by atoms with Crippen molar-refractivity contribution < 1.29 is 9.59 Å². The number of anilines is 1. The topological polar surface area (TPSA) is 58.2 Å². The fourth-order valence-corrected chi connectivity index (χ4v) is 4.37. The van der Waals surface area contributed by atoms with Gasteiger partial charge >= 0.3 is 0 Å². The van der Waals surface area contributed by atoms with Crippen LogP contribution in [-0.4, -0.2) is 17.7 Å². The number of amides is 2. The van der Waals surface area contributed by atoms with Crippen molar-refractivity contribution in [3.05, 3.63) is 24.3 Å². The monoisotopic (exact) mass is 376 g/mol. The van der Waals surface area contributed by atoms with Gasteiger partial charge in [-0.1, -0.05) is 45.2 Å². The number of benzene rings is 1. The number of nitrogens with one attached hydrogen (secondary N) is 2. The van der Waals surface area contributed by atoms with E-state index in [0.29, 0.717) is 12.5 Å².